The van der Waals surface area contributed by atoms with Gasteiger partial charge in [-0.05, 0) is 50.3 Å². The predicted molar refractivity (Wildman–Crippen MR) is 94.9 cm³/mol. The topological polar surface area (TPSA) is 21.3 Å². The highest BCUT2D eigenvalue weighted by atomic mass is 79.9. The molecule has 0 fully saturated rings. The van der Waals surface area contributed by atoms with Gasteiger partial charge in [0.15, 0.2) is 0 Å². The van der Waals surface area contributed by atoms with Crippen LogP contribution < -0.4 is 10.1 Å². The molecule has 2 nitrogen and oxygen atoms in total. The summed E-state index contributed by atoms with van der Waals surface area (Å²) in [5, 5.41) is 3.68. The summed E-state index contributed by atoms with van der Waals surface area (Å²) in [6.07, 6.45) is 2.15. The Morgan fingerprint density at radius 2 is 1.81 bits per heavy atom. The normalized spacial score (nSPS) is 12.5. The molecule has 0 aliphatic carbocycles. The minimum absolute atomic E-state index is 0.0998. The highest BCUT2D eigenvalue weighted by Gasteiger charge is 2.25. The molecule has 0 atom stereocenters. The van der Waals surface area contributed by atoms with Crippen LogP contribution in [-0.2, 0) is 6.54 Å². The van der Waals surface area contributed by atoms with Crippen LogP contribution >= 0.6 is 15.9 Å². The number of rotatable bonds is 7. The Morgan fingerprint density at radius 1 is 1.14 bits per heavy atom. The second-order valence-electron chi connectivity index (χ2n) is 7.58. The summed E-state index contributed by atoms with van der Waals surface area (Å²) in [5.74, 6) is 0.985. The fourth-order valence-electron chi connectivity index (χ4n) is 2.76. The van der Waals surface area contributed by atoms with Crippen LogP contribution in [0.25, 0.3) is 0 Å². The van der Waals surface area contributed by atoms with Crippen molar-refractivity contribution in [3.63, 3.8) is 0 Å². The minimum atomic E-state index is 0.0998. The number of ether oxygens (including phenoxy) is 1. The summed E-state index contributed by atoms with van der Waals surface area (Å²) in [4.78, 5) is 0. The number of hydrogen-bond donors (Lipinski definition) is 1. The molecule has 0 heterocycles. The third-order valence-corrected chi connectivity index (χ3v) is 3.71. The van der Waals surface area contributed by atoms with E-state index in [0.717, 1.165) is 36.2 Å². The quantitative estimate of drug-likeness (QED) is 0.692. The molecular weight excluding hydrogens is 326 g/mol. The monoisotopic (exact) mass is 355 g/mol. The van der Waals surface area contributed by atoms with Crippen molar-refractivity contribution in [2.45, 2.75) is 66.5 Å². The van der Waals surface area contributed by atoms with Gasteiger partial charge in [-0.15, -0.1) is 0 Å². The first-order valence-corrected chi connectivity index (χ1v) is 8.58. The third-order valence-electron chi connectivity index (χ3n) is 3.21. The molecule has 0 aromatic heterocycles. The van der Waals surface area contributed by atoms with Crippen molar-refractivity contribution >= 4 is 15.9 Å². The zero-order chi connectivity index (χ0) is 16.1. The maximum Gasteiger partial charge on any atom is 0.123 e. The third kappa shape index (κ3) is 7.32. The van der Waals surface area contributed by atoms with E-state index in [1.165, 1.54) is 5.56 Å². The average molecular weight is 356 g/mol. The van der Waals surface area contributed by atoms with Crippen LogP contribution in [0.4, 0.5) is 0 Å². The molecular formula is C18H30BrNO. The van der Waals surface area contributed by atoms with Crippen LogP contribution in [0, 0.1) is 5.41 Å². The maximum absolute atomic E-state index is 5.85. The summed E-state index contributed by atoms with van der Waals surface area (Å²) in [6, 6.07) is 6.23. The van der Waals surface area contributed by atoms with Crippen molar-refractivity contribution in [1.82, 2.24) is 5.32 Å². The van der Waals surface area contributed by atoms with Crippen LogP contribution in [0.1, 0.15) is 59.9 Å². The van der Waals surface area contributed by atoms with Gasteiger partial charge in [0.25, 0.3) is 0 Å². The molecule has 0 radical (unpaired) electrons. The van der Waals surface area contributed by atoms with Crippen LogP contribution in [0.2, 0.25) is 0 Å². The zero-order valence-corrected chi connectivity index (χ0v) is 15.9. The van der Waals surface area contributed by atoms with Crippen LogP contribution in [0.3, 0.4) is 0 Å². The van der Waals surface area contributed by atoms with Gasteiger partial charge in [0.2, 0.25) is 0 Å². The molecule has 1 rings (SSSR count). The molecule has 21 heavy (non-hydrogen) atoms. The molecule has 0 aliphatic heterocycles. The molecule has 0 saturated heterocycles. The van der Waals surface area contributed by atoms with E-state index >= 15 is 0 Å². The van der Waals surface area contributed by atoms with Crippen molar-refractivity contribution in [2.75, 3.05) is 6.61 Å². The van der Waals surface area contributed by atoms with E-state index in [2.05, 4.69) is 68.9 Å². The van der Waals surface area contributed by atoms with Crippen molar-refractivity contribution in [3.8, 4) is 5.75 Å². The van der Waals surface area contributed by atoms with Gasteiger partial charge in [0.05, 0.1) is 6.61 Å². The molecule has 1 N–H and O–H groups in total. The first-order valence-electron chi connectivity index (χ1n) is 7.79. The van der Waals surface area contributed by atoms with Crippen LogP contribution in [0.15, 0.2) is 22.7 Å². The molecule has 0 aliphatic rings. The van der Waals surface area contributed by atoms with E-state index in [-0.39, 0.29) is 5.54 Å². The van der Waals surface area contributed by atoms with Gasteiger partial charge in [0.1, 0.15) is 5.75 Å². The Kier molecular flexibility index (Phi) is 6.73. The molecule has 0 amide bonds. The molecule has 1 aromatic carbocycles. The van der Waals surface area contributed by atoms with Crippen LogP contribution in [0.5, 0.6) is 5.75 Å². The largest absolute Gasteiger partial charge is 0.493 e. The smallest absolute Gasteiger partial charge is 0.123 e. The van der Waals surface area contributed by atoms with Gasteiger partial charge in [-0.1, -0.05) is 43.6 Å². The zero-order valence-electron chi connectivity index (χ0n) is 14.3. The van der Waals surface area contributed by atoms with Gasteiger partial charge in [-0.25, -0.2) is 0 Å². The van der Waals surface area contributed by atoms with Gasteiger partial charge in [-0.2, -0.15) is 0 Å². The van der Waals surface area contributed by atoms with Crippen LogP contribution in [-0.4, -0.2) is 12.1 Å². The fraction of sp³-hybridized carbons (Fsp3) is 0.667. The lowest BCUT2D eigenvalue weighted by Crippen LogP contribution is -2.41. The van der Waals surface area contributed by atoms with Crippen molar-refractivity contribution in [1.29, 1.82) is 0 Å². The molecule has 1 aromatic rings. The lowest BCUT2D eigenvalue weighted by Gasteiger charge is -2.33. The lowest BCUT2D eigenvalue weighted by molar-refractivity contribution is 0.239. The molecule has 120 valence electrons. The van der Waals surface area contributed by atoms with Gasteiger partial charge in [0, 0.05) is 22.1 Å². The second-order valence-corrected chi connectivity index (χ2v) is 8.49. The van der Waals surface area contributed by atoms with Crippen molar-refractivity contribution in [3.05, 3.63) is 28.2 Å². The summed E-state index contributed by atoms with van der Waals surface area (Å²) >= 11 is 3.55. The first kappa shape index (κ1) is 18.5. The van der Waals surface area contributed by atoms with E-state index in [0.29, 0.717) is 5.41 Å². The van der Waals surface area contributed by atoms with E-state index in [1.807, 2.05) is 12.1 Å². The summed E-state index contributed by atoms with van der Waals surface area (Å²) in [5.41, 5.74) is 1.62. The van der Waals surface area contributed by atoms with Gasteiger partial charge < -0.3 is 10.1 Å². The molecule has 0 bridgehead atoms. The molecule has 0 spiro atoms. The average Bonchev–Trinajstić information content (AvgIpc) is 2.32. The van der Waals surface area contributed by atoms with E-state index in [4.69, 9.17) is 4.74 Å². The summed E-state index contributed by atoms with van der Waals surface area (Å²) in [6.45, 7) is 15.1. The number of benzene rings is 1. The Morgan fingerprint density at radius 3 is 2.38 bits per heavy atom. The standard InChI is InChI=1S/C18H30BrNO/c1-7-10-21-16-9-8-15(19)11-14(16)12-20-18(5,6)13-17(2,3)4/h8-9,11,20H,7,10,12-13H2,1-6H3. The van der Waals surface area contributed by atoms with E-state index in [1.54, 1.807) is 0 Å². The highest BCUT2D eigenvalue weighted by molar-refractivity contribution is 9.10. The number of hydrogen-bond acceptors (Lipinski definition) is 2. The Labute approximate surface area is 138 Å². The Hall–Kier alpha value is -0.540. The number of nitrogens with one attached hydrogen (secondary N) is 1. The SMILES string of the molecule is CCCOc1ccc(Br)cc1CNC(C)(C)CC(C)(C)C. The Bertz CT molecular complexity index is 449. The lowest BCUT2D eigenvalue weighted by atomic mass is 9.82. The minimum Gasteiger partial charge on any atom is -0.493 e. The predicted octanol–water partition coefficient (Wildman–Crippen LogP) is 5.54. The van der Waals surface area contributed by atoms with E-state index in [9.17, 15) is 0 Å². The molecule has 3 heteroatoms. The highest BCUT2D eigenvalue weighted by Crippen LogP contribution is 2.28. The maximum atomic E-state index is 5.85. The fourth-order valence-corrected chi connectivity index (χ4v) is 3.17. The van der Waals surface area contributed by atoms with Crippen molar-refractivity contribution in [2.24, 2.45) is 5.41 Å². The van der Waals surface area contributed by atoms with Gasteiger partial charge in [-0.3, -0.25) is 0 Å². The van der Waals surface area contributed by atoms with E-state index < -0.39 is 0 Å². The number of halogens is 1. The molecule has 0 unspecified atom stereocenters. The molecule has 0 saturated carbocycles. The summed E-state index contributed by atoms with van der Waals surface area (Å²) in [7, 11) is 0. The van der Waals surface area contributed by atoms with Gasteiger partial charge >= 0.3 is 0 Å². The van der Waals surface area contributed by atoms with Crippen molar-refractivity contribution < 1.29 is 4.74 Å². The first-order chi connectivity index (χ1) is 9.63. The Balaban J connectivity index is 2.75. The second kappa shape index (κ2) is 7.64. The summed E-state index contributed by atoms with van der Waals surface area (Å²) < 4.78 is 6.94.